The third-order valence-electron chi connectivity index (χ3n) is 5.05. The zero-order valence-electron chi connectivity index (χ0n) is 16.3. The lowest BCUT2D eigenvalue weighted by Crippen LogP contribution is -2.53. The summed E-state index contributed by atoms with van der Waals surface area (Å²) in [5.41, 5.74) is 6.99. The number of nitrogens with zero attached hydrogens (tertiary/aromatic N) is 4. The molecule has 1 amide bonds. The predicted molar refractivity (Wildman–Crippen MR) is 104 cm³/mol. The summed E-state index contributed by atoms with van der Waals surface area (Å²) in [7, 11) is 0. The van der Waals surface area contributed by atoms with Gasteiger partial charge in [0.2, 0.25) is 17.6 Å². The molecular formula is C20H29N5O2. The van der Waals surface area contributed by atoms with Gasteiger partial charge in [-0.3, -0.25) is 9.69 Å². The monoisotopic (exact) mass is 371 g/mol. The molecule has 0 radical (unpaired) electrons. The van der Waals surface area contributed by atoms with Crippen LogP contribution in [0.25, 0.3) is 11.4 Å². The summed E-state index contributed by atoms with van der Waals surface area (Å²) in [6.45, 7) is 9.12. The minimum absolute atomic E-state index is 0.0107. The molecule has 2 heterocycles. The number of rotatable bonds is 6. The molecule has 0 spiro atoms. The van der Waals surface area contributed by atoms with E-state index in [2.05, 4.69) is 35.8 Å². The summed E-state index contributed by atoms with van der Waals surface area (Å²) in [6, 6.07) is 9.40. The SMILES string of the molecule is CC(C)C[C@H](N)C(=O)N1CCN(C(C)c2nc(-c3ccccc3)no2)CC1. The molecule has 1 saturated heterocycles. The number of benzene rings is 1. The quantitative estimate of drug-likeness (QED) is 0.838. The van der Waals surface area contributed by atoms with Gasteiger partial charge >= 0.3 is 0 Å². The fourth-order valence-corrected chi connectivity index (χ4v) is 3.44. The Labute approximate surface area is 160 Å². The van der Waals surface area contributed by atoms with Gasteiger partial charge in [0.15, 0.2) is 0 Å². The van der Waals surface area contributed by atoms with Crippen LogP contribution in [0.3, 0.4) is 0 Å². The summed E-state index contributed by atoms with van der Waals surface area (Å²) >= 11 is 0. The average molecular weight is 371 g/mol. The number of carbonyl (C=O) groups is 1. The lowest BCUT2D eigenvalue weighted by atomic mass is 10.0. The fraction of sp³-hybridized carbons (Fsp3) is 0.550. The van der Waals surface area contributed by atoms with Gasteiger partial charge in [-0.05, 0) is 19.3 Å². The van der Waals surface area contributed by atoms with Crippen LogP contribution in [0, 0.1) is 5.92 Å². The second-order valence-electron chi connectivity index (χ2n) is 7.60. The smallest absolute Gasteiger partial charge is 0.244 e. The number of hydrogen-bond acceptors (Lipinski definition) is 6. The van der Waals surface area contributed by atoms with Crippen molar-refractivity contribution in [1.82, 2.24) is 19.9 Å². The van der Waals surface area contributed by atoms with E-state index in [1.807, 2.05) is 35.2 Å². The summed E-state index contributed by atoms with van der Waals surface area (Å²) in [5.74, 6) is 1.68. The number of amides is 1. The first-order chi connectivity index (χ1) is 13.0. The zero-order valence-corrected chi connectivity index (χ0v) is 16.3. The van der Waals surface area contributed by atoms with Gasteiger partial charge < -0.3 is 15.2 Å². The van der Waals surface area contributed by atoms with Gasteiger partial charge in [0, 0.05) is 31.7 Å². The van der Waals surface area contributed by atoms with E-state index < -0.39 is 6.04 Å². The van der Waals surface area contributed by atoms with Crippen molar-refractivity contribution < 1.29 is 9.32 Å². The van der Waals surface area contributed by atoms with E-state index in [4.69, 9.17) is 10.3 Å². The van der Waals surface area contributed by atoms with Crippen molar-refractivity contribution in [2.24, 2.45) is 11.7 Å². The molecular weight excluding hydrogens is 342 g/mol. The van der Waals surface area contributed by atoms with Crippen LogP contribution < -0.4 is 5.73 Å². The molecule has 1 aliphatic heterocycles. The highest BCUT2D eigenvalue weighted by atomic mass is 16.5. The molecule has 1 aromatic carbocycles. The fourth-order valence-electron chi connectivity index (χ4n) is 3.44. The maximum Gasteiger partial charge on any atom is 0.244 e. The molecule has 3 rings (SSSR count). The third-order valence-corrected chi connectivity index (χ3v) is 5.05. The van der Waals surface area contributed by atoms with Crippen molar-refractivity contribution in [2.75, 3.05) is 26.2 Å². The Morgan fingerprint density at radius 1 is 1.15 bits per heavy atom. The van der Waals surface area contributed by atoms with Gasteiger partial charge in [-0.25, -0.2) is 0 Å². The highest BCUT2D eigenvalue weighted by Gasteiger charge is 2.29. The van der Waals surface area contributed by atoms with Crippen LogP contribution in [0.15, 0.2) is 34.9 Å². The number of piperazine rings is 1. The lowest BCUT2D eigenvalue weighted by Gasteiger charge is -2.37. The van der Waals surface area contributed by atoms with Crippen LogP contribution in [0.5, 0.6) is 0 Å². The summed E-state index contributed by atoms with van der Waals surface area (Å²) in [6.07, 6.45) is 0.722. The first kappa shape index (κ1) is 19.5. The van der Waals surface area contributed by atoms with E-state index in [9.17, 15) is 4.79 Å². The Morgan fingerprint density at radius 2 is 1.81 bits per heavy atom. The molecule has 2 aromatic rings. The van der Waals surface area contributed by atoms with E-state index in [0.29, 0.717) is 30.7 Å². The molecule has 1 unspecified atom stereocenters. The van der Waals surface area contributed by atoms with Crippen molar-refractivity contribution >= 4 is 5.91 Å². The van der Waals surface area contributed by atoms with Crippen molar-refractivity contribution in [3.63, 3.8) is 0 Å². The second-order valence-corrected chi connectivity index (χ2v) is 7.60. The van der Waals surface area contributed by atoms with Crippen LogP contribution in [0.1, 0.15) is 39.1 Å². The van der Waals surface area contributed by atoms with Crippen molar-refractivity contribution in [2.45, 2.75) is 39.3 Å². The Hall–Kier alpha value is -2.25. The van der Waals surface area contributed by atoms with Gasteiger partial charge in [-0.1, -0.05) is 49.3 Å². The number of aromatic nitrogens is 2. The van der Waals surface area contributed by atoms with Crippen LogP contribution in [-0.4, -0.2) is 58.1 Å². The van der Waals surface area contributed by atoms with Crippen LogP contribution in [0.4, 0.5) is 0 Å². The van der Waals surface area contributed by atoms with Crippen molar-refractivity contribution in [1.29, 1.82) is 0 Å². The van der Waals surface area contributed by atoms with E-state index in [0.717, 1.165) is 25.1 Å². The van der Waals surface area contributed by atoms with Crippen molar-refractivity contribution in [3.05, 3.63) is 36.2 Å². The summed E-state index contributed by atoms with van der Waals surface area (Å²) < 4.78 is 5.49. The van der Waals surface area contributed by atoms with Crippen LogP contribution >= 0.6 is 0 Å². The molecule has 0 saturated carbocycles. The van der Waals surface area contributed by atoms with Crippen molar-refractivity contribution in [3.8, 4) is 11.4 Å². The molecule has 0 aliphatic carbocycles. The first-order valence-electron chi connectivity index (χ1n) is 9.63. The Morgan fingerprint density at radius 3 is 2.44 bits per heavy atom. The molecule has 27 heavy (non-hydrogen) atoms. The van der Waals surface area contributed by atoms with Gasteiger partial charge in [-0.15, -0.1) is 0 Å². The van der Waals surface area contributed by atoms with E-state index in [-0.39, 0.29) is 11.9 Å². The first-order valence-corrected chi connectivity index (χ1v) is 9.63. The molecule has 2 atom stereocenters. The van der Waals surface area contributed by atoms with Crippen LogP contribution in [-0.2, 0) is 4.79 Å². The Kier molecular flexibility index (Phi) is 6.23. The molecule has 1 aliphatic rings. The standard InChI is InChI=1S/C20H29N5O2/c1-14(2)13-17(21)20(26)25-11-9-24(10-12-25)15(3)19-22-18(23-27-19)16-7-5-4-6-8-16/h4-8,14-15,17H,9-13,21H2,1-3H3/t15?,17-/m0/s1. The van der Waals surface area contributed by atoms with E-state index in [1.54, 1.807) is 0 Å². The largest absolute Gasteiger partial charge is 0.339 e. The average Bonchev–Trinajstić information content (AvgIpc) is 3.17. The zero-order chi connectivity index (χ0) is 19.4. The highest BCUT2D eigenvalue weighted by molar-refractivity contribution is 5.81. The summed E-state index contributed by atoms with van der Waals surface area (Å²) in [5, 5.41) is 4.10. The maximum absolute atomic E-state index is 12.5. The van der Waals surface area contributed by atoms with E-state index in [1.165, 1.54) is 0 Å². The van der Waals surface area contributed by atoms with Crippen LogP contribution in [0.2, 0.25) is 0 Å². The molecule has 2 N–H and O–H groups in total. The van der Waals surface area contributed by atoms with Gasteiger partial charge in [0.1, 0.15) is 0 Å². The molecule has 1 fully saturated rings. The topological polar surface area (TPSA) is 88.5 Å². The van der Waals surface area contributed by atoms with Gasteiger partial charge in [0.25, 0.3) is 0 Å². The van der Waals surface area contributed by atoms with Gasteiger partial charge in [-0.2, -0.15) is 4.98 Å². The number of nitrogens with two attached hydrogens (primary N) is 1. The minimum atomic E-state index is -0.404. The predicted octanol–water partition coefficient (Wildman–Crippen LogP) is 2.32. The maximum atomic E-state index is 12.5. The Balaban J connectivity index is 1.57. The second kappa shape index (κ2) is 8.63. The lowest BCUT2D eigenvalue weighted by molar-refractivity contribution is -0.135. The molecule has 1 aromatic heterocycles. The highest BCUT2D eigenvalue weighted by Crippen LogP contribution is 2.23. The van der Waals surface area contributed by atoms with Gasteiger partial charge in [0.05, 0.1) is 12.1 Å². The molecule has 146 valence electrons. The molecule has 0 bridgehead atoms. The normalized spacial score (nSPS) is 17.9. The summed E-state index contributed by atoms with van der Waals surface area (Å²) in [4.78, 5) is 21.2. The molecule has 7 heteroatoms. The minimum Gasteiger partial charge on any atom is -0.339 e. The third kappa shape index (κ3) is 4.73. The number of hydrogen-bond donors (Lipinski definition) is 1. The van der Waals surface area contributed by atoms with E-state index >= 15 is 0 Å². The number of carbonyl (C=O) groups excluding carboxylic acids is 1. The Bertz CT molecular complexity index is 738. The molecule has 7 nitrogen and oxygen atoms in total.